The highest BCUT2D eigenvalue weighted by molar-refractivity contribution is 8.01. The van der Waals surface area contributed by atoms with Crippen LogP contribution in [0.1, 0.15) is 6.42 Å². The normalized spacial score (nSPS) is 22.0. The van der Waals surface area contributed by atoms with Gasteiger partial charge in [0.25, 0.3) is 0 Å². The number of likely N-dealkylation sites (N-methyl/N-ethyl adjacent to an activating group) is 1. The van der Waals surface area contributed by atoms with Crippen LogP contribution < -0.4 is 9.64 Å². The third-order valence-electron chi connectivity index (χ3n) is 4.24. The molecule has 2 aliphatic heterocycles. The zero-order valence-electron chi connectivity index (χ0n) is 13.7. The third kappa shape index (κ3) is 3.53. The van der Waals surface area contributed by atoms with E-state index in [1.54, 1.807) is 26.1 Å². The minimum absolute atomic E-state index is 0.0132. The Kier molecular flexibility index (Phi) is 4.63. The highest BCUT2D eigenvalue weighted by Gasteiger charge is 2.50. The van der Waals surface area contributed by atoms with E-state index in [9.17, 15) is 4.79 Å². The monoisotopic (exact) mass is 338 g/mol. The zero-order chi connectivity index (χ0) is 16.4. The predicted molar refractivity (Wildman–Crippen MR) is 89.0 cm³/mol. The van der Waals surface area contributed by atoms with E-state index >= 15 is 0 Å². The molecule has 126 valence electrons. The van der Waals surface area contributed by atoms with E-state index in [4.69, 9.17) is 9.47 Å². The summed E-state index contributed by atoms with van der Waals surface area (Å²) in [6.07, 6.45) is 2.67. The molecule has 0 aliphatic carbocycles. The Morgan fingerprint density at radius 3 is 2.96 bits per heavy atom. The summed E-state index contributed by atoms with van der Waals surface area (Å²) >= 11 is 1.94. The van der Waals surface area contributed by atoms with E-state index in [2.05, 4.69) is 14.9 Å². The number of aromatic nitrogens is 2. The molecule has 2 saturated heterocycles. The SMILES string of the molecule is COc1cc(N2CC3(C[C@H](OCC(=O)N(C)C)CS3)C2)ncn1. The van der Waals surface area contributed by atoms with Gasteiger partial charge in [0.15, 0.2) is 0 Å². The summed E-state index contributed by atoms with van der Waals surface area (Å²) in [5.74, 6) is 2.44. The molecular formula is C15H22N4O3S. The van der Waals surface area contributed by atoms with E-state index in [0.717, 1.165) is 31.1 Å². The molecule has 1 atom stereocenters. The van der Waals surface area contributed by atoms with Crippen LogP contribution in [-0.4, -0.2) is 78.3 Å². The van der Waals surface area contributed by atoms with Crippen molar-refractivity contribution >= 4 is 23.5 Å². The van der Waals surface area contributed by atoms with Crippen molar-refractivity contribution in [2.45, 2.75) is 17.3 Å². The third-order valence-corrected chi connectivity index (χ3v) is 5.81. The summed E-state index contributed by atoms with van der Waals surface area (Å²) in [6, 6.07) is 1.86. The molecule has 1 aromatic heterocycles. The Balaban J connectivity index is 1.50. The number of ether oxygens (including phenoxy) is 2. The van der Waals surface area contributed by atoms with Gasteiger partial charge in [-0.2, -0.15) is 0 Å². The predicted octanol–water partition coefficient (Wildman–Crippen LogP) is 0.654. The number of anilines is 1. The minimum Gasteiger partial charge on any atom is -0.481 e. The molecule has 0 radical (unpaired) electrons. The number of carbonyl (C=O) groups is 1. The lowest BCUT2D eigenvalue weighted by Gasteiger charge is -2.48. The van der Waals surface area contributed by atoms with Gasteiger partial charge in [-0.05, 0) is 6.42 Å². The van der Waals surface area contributed by atoms with E-state index in [1.165, 1.54) is 6.33 Å². The quantitative estimate of drug-likeness (QED) is 0.781. The number of hydrogen-bond donors (Lipinski definition) is 0. The molecule has 3 heterocycles. The molecule has 0 unspecified atom stereocenters. The smallest absolute Gasteiger partial charge is 0.248 e. The molecule has 2 fully saturated rings. The first-order valence-corrected chi connectivity index (χ1v) is 8.57. The summed E-state index contributed by atoms with van der Waals surface area (Å²) in [7, 11) is 5.10. The largest absolute Gasteiger partial charge is 0.481 e. The van der Waals surface area contributed by atoms with Crippen LogP contribution in [0.25, 0.3) is 0 Å². The number of rotatable bonds is 5. The van der Waals surface area contributed by atoms with Crippen LogP contribution in [0.15, 0.2) is 12.4 Å². The van der Waals surface area contributed by atoms with Crippen LogP contribution >= 0.6 is 11.8 Å². The zero-order valence-corrected chi connectivity index (χ0v) is 14.5. The molecule has 1 spiro atoms. The van der Waals surface area contributed by atoms with Gasteiger partial charge >= 0.3 is 0 Å². The van der Waals surface area contributed by atoms with Gasteiger partial charge in [0.2, 0.25) is 11.8 Å². The average molecular weight is 338 g/mol. The molecule has 0 aromatic carbocycles. The topological polar surface area (TPSA) is 67.8 Å². The average Bonchev–Trinajstić information content (AvgIpc) is 2.95. The second-order valence-corrected chi connectivity index (χ2v) is 7.68. The fourth-order valence-electron chi connectivity index (χ4n) is 2.87. The van der Waals surface area contributed by atoms with Gasteiger partial charge in [-0.15, -0.1) is 11.8 Å². The number of methoxy groups -OCH3 is 1. The molecule has 1 amide bonds. The molecule has 0 saturated carbocycles. The molecule has 1 aromatic rings. The Labute approximate surface area is 140 Å². The first-order valence-electron chi connectivity index (χ1n) is 7.58. The second-order valence-electron chi connectivity index (χ2n) is 6.19. The maximum Gasteiger partial charge on any atom is 0.248 e. The number of nitrogens with zero attached hydrogens (tertiary/aromatic N) is 4. The van der Waals surface area contributed by atoms with Crippen molar-refractivity contribution in [1.29, 1.82) is 0 Å². The van der Waals surface area contributed by atoms with Crippen molar-refractivity contribution in [2.75, 3.05) is 51.6 Å². The van der Waals surface area contributed by atoms with Gasteiger partial charge in [-0.3, -0.25) is 4.79 Å². The van der Waals surface area contributed by atoms with Crippen LogP contribution in [0.2, 0.25) is 0 Å². The minimum atomic E-state index is 0.0132. The fourth-order valence-corrected chi connectivity index (χ4v) is 4.43. The molecule has 0 N–H and O–H groups in total. The lowest BCUT2D eigenvalue weighted by Crippen LogP contribution is -2.59. The highest BCUT2D eigenvalue weighted by atomic mass is 32.2. The van der Waals surface area contributed by atoms with Gasteiger partial charge in [0, 0.05) is 39.0 Å². The number of carbonyl (C=O) groups excluding carboxylic acids is 1. The number of hydrogen-bond acceptors (Lipinski definition) is 7. The second kappa shape index (κ2) is 6.52. The standard InChI is InChI=1S/C15H22N4O3S/c1-18(2)14(20)6-22-11-5-15(23-7-11)8-19(9-15)12-4-13(21-3)17-10-16-12/h4,10-11H,5-9H2,1-3H3/t11-/m0/s1. The van der Waals surface area contributed by atoms with Crippen molar-refractivity contribution in [1.82, 2.24) is 14.9 Å². The first kappa shape index (κ1) is 16.3. The summed E-state index contributed by atoms with van der Waals surface area (Å²) in [6.45, 7) is 2.06. The van der Waals surface area contributed by atoms with Gasteiger partial charge in [0.05, 0.1) is 18.0 Å². The van der Waals surface area contributed by atoms with Crippen LogP contribution in [0.4, 0.5) is 5.82 Å². The highest BCUT2D eigenvalue weighted by Crippen LogP contribution is 2.47. The van der Waals surface area contributed by atoms with Crippen molar-refractivity contribution in [3.8, 4) is 5.88 Å². The Morgan fingerprint density at radius 1 is 1.48 bits per heavy atom. The molecule has 2 aliphatic rings. The Morgan fingerprint density at radius 2 is 2.26 bits per heavy atom. The van der Waals surface area contributed by atoms with E-state index in [0.29, 0.717) is 5.88 Å². The summed E-state index contributed by atoms with van der Waals surface area (Å²) in [5, 5.41) is 0. The van der Waals surface area contributed by atoms with E-state index < -0.39 is 0 Å². The summed E-state index contributed by atoms with van der Waals surface area (Å²) < 4.78 is 11.1. The van der Waals surface area contributed by atoms with Gasteiger partial charge in [0.1, 0.15) is 18.8 Å². The van der Waals surface area contributed by atoms with Crippen LogP contribution in [0, 0.1) is 0 Å². The molecule has 23 heavy (non-hydrogen) atoms. The lowest BCUT2D eigenvalue weighted by molar-refractivity contribution is -0.135. The van der Waals surface area contributed by atoms with Gasteiger partial charge in [-0.25, -0.2) is 9.97 Å². The lowest BCUT2D eigenvalue weighted by atomic mass is 9.93. The summed E-state index contributed by atoms with van der Waals surface area (Å²) in [5.41, 5.74) is 0. The molecule has 0 bridgehead atoms. The number of amides is 1. The van der Waals surface area contributed by atoms with Gasteiger partial charge in [-0.1, -0.05) is 0 Å². The molecular weight excluding hydrogens is 316 g/mol. The molecule has 7 nitrogen and oxygen atoms in total. The van der Waals surface area contributed by atoms with E-state index in [-0.39, 0.29) is 23.4 Å². The maximum atomic E-state index is 11.6. The summed E-state index contributed by atoms with van der Waals surface area (Å²) in [4.78, 5) is 23.7. The molecule has 8 heteroatoms. The first-order chi connectivity index (χ1) is 11.0. The number of thioether (sulfide) groups is 1. The van der Waals surface area contributed by atoms with Crippen molar-refractivity contribution in [2.24, 2.45) is 0 Å². The van der Waals surface area contributed by atoms with Gasteiger partial charge < -0.3 is 19.3 Å². The van der Waals surface area contributed by atoms with Crippen LogP contribution in [-0.2, 0) is 9.53 Å². The van der Waals surface area contributed by atoms with Crippen LogP contribution in [0.5, 0.6) is 5.88 Å². The van der Waals surface area contributed by atoms with Crippen molar-refractivity contribution in [3.05, 3.63) is 12.4 Å². The Hall–Kier alpha value is -1.54. The molecule has 3 rings (SSSR count). The maximum absolute atomic E-state index is 11.6. The van der Waals surface area contributed by atoms with Crippen molar-refractivity contribution < 1.29 is 14.3 Å². The fraction of sp³-hybridized carbons (Fsp3) is 0.667. The van der Waals surface area contributed by atoms with Crippen LogP contribution in [0.3, 0.4) is 0 Å². The van der Waals surface area contributed by atoms with Crippen molar-refractivity contribution in [3.63, 3.8) is 0 Å². The Bertz CT molecular complexity index is 578. The van der Waals surface area contributed by atoms with E-state index in [1.807, 2.05) is 17.8 Å².